The number of methoxy groups -OCH3 is 1. The van der Waals surface area contributed by atoms with E-state index in [1.165, 1.54) is 24.0 Å². The van der Waals surface area contributed by atoms with E-state index in [1.54, 1.807) is 7.11 Å². The molecule has 0 radical (unpaired) electrons. The summed E-state index contributed by atoms with van der Waals surface area (Å²) in [5.41, 5.74) is 3.17. The van der Waals surface area contributed by atoms with Gasteiger partial charge in [-0.15, -0.1) is 0 Å². The molecule has 4 nitrogen and oxygen atoms in total. The number of hydrogen-bond donors (Lipinski definition) is 1. The molecule has 148 valence electrons. The molecule has 1 saturated heterocycles. The summed E-state index contributed by atoms with van der Waals surface area (Å²) in [6.45, 7) is 5.06. The molecule has 4 heteroatoms. The number of ether oxygens (including phenoxy) is 1. The number of aryl methyl sites for hydroxylation is 1. The molecule has 28 heavy (non-hydrogen) atoms. The predicted molar refractivity (Wildman–Crippen MR) is 113 cm³/mol. The third kappa shape index (κ3) is 3.93. The Balaban J connectivity index is 1.40. The smallest absolute Gasteiger partial charge is 0.231 e. The second-order valence-electron chi connectivity index (χ2n) is 8.50. The summed E-state index contributed by atoms with van der Waals surface area (Å²) in [5.74, 6) is 1.63. The number of piperidine rings is 1. The Morgan fingerprint density at radius 2 is 1.89 bits per heavy atom. The molecular formula is C24H30N2O2. The van der Waals surface area contributed by atoms with E-state index in [0.29, 0.717) is 5.92 Å². The van der Waals surface area contributed by atoms with Gasteiger partial charge in [0.1, 0.15) is 5.75 Å². The van der Waals surface area contributed by atoms with Crippen LogP contribution in [-0.4, -0.2) is 37.6 Å². The molecule has 2 aliphatic rings. The number of anilines is 1. The van der Waals surface area contributed by atoms with Crippen LogP contribution >= 0.6 is 0 Å². The number of nitrogens with zero attached hydrogens (tertiary/aromatic N) is 1. The summed E-state index contributed by atoms with van der Waals surface area (Å²) in [5, 5.41) is 3.17. The van der Waals surface area contributed by atoms with E-state index in [0.717, 1.165) is 43.9 Å². The summed E-state index contributed by atoms with van der Waals surface area (Å²) in [7, 11) is 1.68. The van der Waals surface area contributed by atoms with Gasteiger partial charge in [0.25, 0.3) is 0 Å². The molecule has 1 N–H and O–H groups in total. The summed E-state index contributed by atoms with van der Waals surface area (Å²) < 4.78 is 5.35. The maximum absolute atomic E-state index is 13.0. The van der Waals surface area contributed by atoms with Crippen molar-refractivity contribution in [3.05, 3.63) is 59.7 Å². The average molecular weight is 379 g/mol. The summed E-state index contributed by atoms with van der Waals surface area (Å²) in [6.07, 6.45) is 4.08. The minimum Gasteiger partial charge on any atom is -0.497 e. The molecule has 0 saturated carbocycles. The quantitative estimate of drug-likeness (QED) is 0.854. The highest BCUT2D eigenvalue weighted by Gasteiger charge is 2.38. The molecule has 2 aromatic rings. The van der Waals surface area contributed by atoms with Crippen LogP contribution < -0.4 is 10.1 Å². The highest BCUT2D eigenvalue weighted by molar-refractivity contribution is 5.96. The number of benzene rings is 2. The Bertz CT molecular complexity index is 828. The predicted octanol–water partition coefficient (Wildman–Crippen LogP) is 4.47. The molecule has 0 aliphatic carbocycles. The summed E-state index contributed by atoms with van der Waals surface area (Å²) in [4.78, 5) is 15.5. The molecule has 1 amide bonds. The molecule has 1 atom stereocenters. The standard InChI is InChI=1S/C24H30N2O2/c1-24(13-10-20-16-21(28-2)8-9-22(20)25-23(24)27)17-26-14-11-19(12-15-26)18-6-4-3-5-7-18/h3-9,16,19H,10-15,17H2,1-2H3,(H,25,27). The van der Waals surface area contributed by atoms with Crippen molar-refractivity contribution in [2.45, 2.75) is 38.5 Å². The van der Waals surface area contributed by atoms with E-state index < -0.39 is 0 Å². The molecular weight excluding hydrogens is 348 g/mol. The number of carbonyl (C=O) groups excluding carboxylic acids is 1. The summed E-state index contributed by atoms with van der Waals surface area (Å²) >= 11 is 0. The molecule has 2 heterocycles. The molecule has 0 aromatic heterocycles. The number of fused-ring (bicyclic) bond motifs is 1. The maximum Gasteiger partial charge on any atom is 0.231 e. The maximum atomic E-state index is 13.0. The van der Waals surface area contributed by atoms with Crippen LogP contribution in [-0.2, 0) is 11.2 Å². The summed E-state index contributed by atoms with van der Waals surface area (Å²) in [6, 6.07) is 16.7. The van der Waals surface area contributed by atoms with Gasteiger partial charge in [-0.25, -0.2) is 0 Å². The fourth-order valence-electron chi connectivity index (χ4n) is 4.62. The fourth-order valence-corrected chi connectivity index (χ4v) is 4.62. The second-order valence-corrected chi connectivity index (χ2v) is 8.50. The lowest BCUT2D eigenvalue weighted by atomic mass is 9.82. The van der Waals surface area contributed by atoms with Crippen molar-refractivity contribution in [3.8, 4) is 5.75 Å². The SMILES string of the molecule is COc1ccc2c(c1)CCC(C)(CN1CCC(c3ccccc3)CC1)C(=O)N2. The van der Waals surface area contributed by atoms with Crippen LogP contribution in [0.1, 0.15) is 43.2 Å². The first-order valence-corrected chi connectivity index (χ1v) is 10.3. The lowest BCUT2D eigenvalue weighted by Gasteiger charge is -2.38. The largest absolute Gasteiger partial charge is 0.497 e. The Labute approximate surface area is 167 Å². The van der Waals surface area contributed by atoms with Gasteiger partial charge in [0.05, 0.1) is 12.5 Å². The minimum absolute atomic E-state index is 0.140. The van der Waals surface area contributed by atoms with Gasteiger partial charge in [-0.2, -0.15) is 0 Å². The molecule has 0 bridgehead atoms. The second kappa shape index (κ2) is 7.96. The van der Waals surface area contributed by atoms with Crippen molar-refractivity contribution in [2.75, 3.05) is 32.1 Å². The van der Waals surface area contributed by atoms with E-state index in [2.05, 4.69) is 47.5 Å². The number of likely N-dealkylation sites (tertiary alicyclic amines) is 1. The van der Waals surface area contributed by atoms with Gasteiger partial charge < -0.3 is 15.0 Å². The van der Waals surface area contributed by atoms with Gasteiger partial charge in [-0.05, 0) is 80.9 Å². The van der Waals surface area contributed by atoms with Crippen molar-refractivity contribution in [2.24, 2.45) is 5.41 Å². The van der Waals surface area contributed by atoms with E-state index in [-0.39, 0.29) is 11.3 Å². The normalized spacial score (nSPS) is 23.6. The van der Waals surface area contributed by atoms with Gasteiger partial charge in [-0.1, -0.05) is 30.3 Å². The first kappa shape index (κ1) is 19.0. The lowest BCUT2D eigenvalue weighted by Crippen LogP contribution is -2.46. The topological polar surface area (TPSA) is 41.6 Å². The number of carbonyl (C=O) groups is 1. The van der Waals surface area contributed by atoms with Gasteiger partial charge >= 0.3 is 0 Å². The number of nitrogens with one attached hydrogen (secondary N) is 1. The molecule has 4 rings (SSSR count). The number of amides is 1. The first-order valence-electron chi connectivity index (χ1n) is 10.3. The molecule has 2 aliphatic heterocycles. The van der Waals surface area contributed by atoms with Crippen molar-refractivity contribution >= 4 is 11.6 Å². The molecule has 0 spiro atoms. The van der Waals surface area contributed by atoms with Crippen LogP contribution in [0.2, 0.25) is 0 Å². The van der Waals surface area contributed by atoms with Crippen LogP contribution in [0.5, 0.6) is 5.75 Å². The van der Waals surface area contributed by atoms with Gasteiger partial charge in [0.2, 0.25) is 5.91 Å². The van der Waals surface area contributed by atoms with E-state index >= 15 is 0 Å². The molecule has 1 fully saturated rings. The Morgan fingerprint density at radius 3 is 2.61 bits per heavy atom. The Hall–Kier alpha value is -2.33. The Morgan fingerprint density at radius 1 is 1.14 bits per heavy atom. The van der Waals surface area contributed by atoms with Crippen molar-refractivity contribution < 1.29 is 9.53 Å². The average Bonchev–Trinajstić information content (AvgIpc) is 2.85. The van der Waals surface area contributed by atoms with Crippen LogP contribution in [0.3, 0.4) is 0 Å². The Kier molecular flexibility index (Phi) is 5.40. The molecule has 1 unspecified atom stereocenters. The highest BCUT2D eigenvalue weighted by atomic mass is 16.5. The van der Waals surface area contributed by atoms with Crippen LogP contribution in [0.25, 0.3) is 0 Å². The third-order valence-electron chi connectivity index (χ3n) is 6.49. The highest BCUT2D eigenvalue weighted by Crippen LogP contribution is 2.36. The number of rotatable bonds is 4. The first-order chi connectivity index (χ1) is 13.6. The van der Waals surface area contributed by atoms with E-state index in [1.807, 2.05) is 18.2 Å². The van der Waals surface area contributed by atoms with Crippen LogP contribution in [0, 0.1) is 5.41 Å². The van der Waals surface area contributed by atoms with E-state index in [4.69, 9.17) is 4.74 Å². The van der Waals surface area contributed by atoms with E-state index in [9.17, 15) is 4.79 Å². The van der Waals surface area contributed by atoms with Crippen molar-refractivity contribution in [3.63, 3.8) is 0 Å². The van der Waals surface area contributed by atoms with Gasteiger partial charge in [0.15, 0.2) is 0 Å². The van der Waals surface area contributed by atoms with Crippen LogP contribution in [0.4, 0.5) is 5.69 Å². The molecule has 2 aromatic carbocycles. The fraction of sp³-hybridized carbons (Fsp3) is 0.458. The zero-order chi connectivity index (χ0) is 19.6. The minimum atomic E-state index is -0.369. The van der Waals surface area contributed by atoms with Crippen molar-refractivity contribution in [1.82, 2.24) is 4.90 Å². The van der Waals surface area contributed by atoms with Crippen LogP contribution in [0.15, 0.2) is 48.5 Å². The zero-order valence-electron chi connectivity index (χ0n) is 16.9. The monoisotopic (exact) mass is 378 g/mol. The number of hydrogen-bond acceptors (Lipinski definition) is 3. The van der Waals surface area contributed by atoms with Crippen molar-refractivity contribution in [1.29, 1.82) is 0 Å². The van der Waals surface area contributed by atoms with Gasteiger partial charge in [-0.3, -0.25) is 4.79 Å². The lowest BCUT2D eigenvalue weighted by molar-refractivity contribution is -0.126. The third-order valence-corrected chi connectivity index (χ3v) is 6.49. The zero-order valence-corrected chi connectivity index (χ0v) is 16.9. The van der Waals surface area contributed by atoms with Gasteiger partial charge in [0, 0.05) is 12.2 Å².